The summed E-state index contributed by atoms with van der Waals surface area (Å²) in [5, 5.41) is 3.85. The Bertz CT molecular complexity index is 974. The molecule has 0 spiro atoms. The van der Waals surface area contributed by atoms with Crippen molar-refractivity contribution in [3.63, 3.8) is 0 Å². The summed E-state index contributed by atoms with van der Waals surface area (Å²) in [5.74, 6) is 0.846. The first-order chi connectivity index (χ1) is 15.7. The molecule has 32 heavy (non-hydrogen) atoms. The summed E-state index contributed by atoms with van der Waals surface area (Å²) in [6.45, 7) is 5.76. The van der Waals surface area contributed by atoms with Gasteiger partial charge in [-0.3, -0.25) is 9.88 Å². The Morgan fingerprint density at radius 2 is 2.03 bits per heavy atom. The van der Waals surface area contributed by atoms with Crippen LogP contribution in [0.25, 0.3) is 0 Å². The standard InChI is InChI=1S/C27H37N5/c1-30-13-11-21-16-32(18-26(21)30)24-9-4-7-20-15-29-22(14-23(20)24)17-31(2)25-10-3-6-19-8-5-12-28-27(19)25/h4-5,7-9,12,21-22,25-26,29H,3,6,10-11,13-18H2,1-2H3/t21-,22+,25-,26+/m0/s1. The second-order valence-corrected chi connectivity index (χ2v) is 10.6. The van der Waals surface area contributed by atoms with Crippen LogP contribution in [0.4, 0.5) is 5.69 Å². The molecule has 5 nitrogen and oxygen atoms in total. The smallest absolute Gasteiger partial charge is 0.0607 e. The molecule has 6 rings (SSSR count). The molecule has 1 aromatic carbocycles. The third-order valence-electron chi connectivity index (χ3n) is 8.65. The fraction of sp³-hybridized carbons (Fsp3) is 0.593. The number of fused-ring (bicyclic) bond motifs is 3. The summed E-state index contributed by atoms with van der Waals surface area (Å²) < 4.78 is 0. The number of anilines is 1. The van der Waals surface area contributed by atoms with E-state index in [4.69, 9.17) is 4.98 Å². The van der Waals surface area contributed by atoms with E-state index in [-0.39, 0.29) is 0 Å². The normalized spacial score (nSPS) is 29.8. The summed E-state index contributed by atoms with van der Waals surface area (Å²) in [6, 6.07) is 13.0. The van der Waals surface area contributed by atoms with Crippen LogP contribution in [0.15, 0.2) is 36.5 Å². The van der Waals surface area contributed by atoms with E-state index in [0.29, 0.717) is 12.1 Å². The average molecular weight is 432 g/mol. The molecule has 3 aliphatic heterocycles. The SMILES string of the molecule is CN1CC[C@H]2CN(c3cccc4c3C[C@H](CN(C)[C@H]3CCCc5cccnc53)NC4)C[C@H]21. The van der Waals surface area contributed by atoms with Gasteiger partial charge in [-0.05, 0) is 87.5 Å². The van der Waals surface area contributed by atoms with E-state index in [1.54, 1.807) is 5.56 Å². The Morgan fingerprint density at radius 3 is 2.94 bits per heavy atom. The highest BCUT2D eigenvalue weighted by Crippen LogP contribution is 2.37. The highest BCUT2D eigenvalue weighted by molar-refractivity contribution is 5.59. The van der Waals surface area contributed by atoms with Crippen molar-refractivity contribution in [3.8, 4) is 0 Å². The molecular weight excluding hydrogens is 394 g/mol. The first-order valence-corrected chi connectivity index (χ1v) is 12.6. The van der Waals surface area contributed by atoms with Crippen molar-refractivity contribution < 1.29 is 0 Å². The van der Waals surface area contributed by atoms with E-state index in [0.717, 1.165) is 31.5 Å². The fourth-order valence-electron chi connectivity index (χ4n) is 6.88. The predicted molar refractivity (Wildman–Crippen MR) is 130 cm³/mol. The highest BCUT2D eigenvalue weighted by Gasteiger charge is 2.40. The van der Waals surface area contributed by atoms with E-state index in [1.807, 2.05) is 6.20 Å². The molecular formula is C27H37N5. The van der Waals surface area contributed by atoms with Gasteiger partial charge in [-0.15, -0.1) is 0 Å². The van der Waals surface area contributed by atoms with Crippen LogP contribution in [0.3, 0.4) is 0 Å². The number of aromatic nitrogens is 1. The van der Waals surface area contributed by atoms with Gasteiger partial charge >= 0.3 is 0 Å². The van der Waals surface area contributed by atoms with Crippen molar-refractivity contribution >= 4 is 5.69 Å². The lowest BCUT2D eigenvalue weighted by atomic mass is 9.89. The molecule has 0 bridgehead atoms. The highest BCUT2D eigenvalue weighted by atomic mass is 15.3. The Kier molecular flexibility index (Phi) is 5.44. The fourth-order valence-corrected chi connectivity index (χ4v) is 6.88. The molecule has 0 unspecified atom stereocenters. The lowest BCUT2D eigenvalue weighted by Crippen LogP contribution is -2.45. The van der Waals surface area contributed by atoms with Crippen LogP contribution < -0.4 is 10.2 Å². The molecule has 0 saturated carbocycles. The molecule has 2 saturated heterocycles. The van der Waals surface area contributed by atoms with Crippen LogP contribution in [-0.4, -0.2) is 67.1 Å². The number of benzene rings is 1. The zero-order chi connectivity index (χ0) is 21.7. The Morgan fingerprint density at radius 1 is 1.12 bits per heavy atom. The van der Waals surface area contributed by atoms with E-state index in [1.165, 1.54) is 67.8 Å². The van der Waals surface area contributed by atoms with Crippen molar-refractivity contribution in [3.05, 3.63) is 58.9 Å². The molecule has 2 aromatic rings. The maximum atomic E-state index is 4.78. The number of hydrogen-bond acceptors (Lipinski definition) is 5. The number of likely N-dealkylation sites (tertiary alicyclic amines) is 1. The maximum Gasteiger partial charge on any atom is 0.0607 e. The first kappa shape index (κ1) is 20.6. The number of pyridine rings is 1. The Hall–Kier alpha value is -1.95. The van der Waals surface area contributed by atoms with Gasteiger partial charge in [0.15, 0.2) is 0 Å². The molecule has 2 fully saturated rings. The van der Waals surface area contributed by atoms with E-state index < -0.39 is 0 Å². The van der Waals surface area contributed by atoms with Gasteiger partial charge in [-0.1, -0.05) is 18.2 Å². The van der Waals surface area contributed by atoms with E-state index in [2.05, 4.69) is 64.4 Å². The van der Waals surface area contributed by atoms with Crippen LogP contribution in [-0.2, 0) is 19.4 Å². The van der Waals surface area contributed by atoms with Crippen molar-refractivity contribution in [1.82, 2.24) is 20.1 Å². The van der Waals surface area contributed by atoms with Crippen LogP contribution in [0.1, 0.15) is 47.7 Å². The molecule has 1 aliphatic carbocycles. The number of aryl methyl sites for hydroxylation is 1. The zero-order valence-electron chi connectivity index (χ0n) is 19.6. The Labute approximate surface area is 192 Å². The van der Waals surface area contributed by atoms with Crippen molar-refractivity contribution in [2.24, 2.45) is 5.92 Å². The second kappa shape index (κ2) is 8.44. The van der Waals surface area contributed by atoms with Crippen LogP contribution in [0.5, 0.6) is 0 Å². The minimum absolute atomic E-state index is 0.451. The van der Waals surface area contributed by atoms with E-state index >= 15 is 0 Å². The van der Waals surface area contributed by atoms with Crippen molar-refractivity contribution in [2.75, 3.05) is 45.2 Å². The molecule has 1 N–H and O–H groups in total. The van der Waals surface area contributed by atoms with Gasteiger partial charge in [0.25, 0.3) is 0 Å². The summed E-state index contributed by atoms with van der Waals surface area (Å²) in [6.07, 6.45) is 8.12. The number of hydrogen-bond donors (Lipinski definition) is 1. The van der Waals surface area contributed by atoms with Gasteiger partial charge < -0.3 is 15.1 Å². The van der Waals surface area contributed by atoms with Gasteiger partial charge in [0.2, 0.25) is 0 Å². The predicted octanol–water partition coefficient (Wildman–Crippen LogP) is 3.25. The molecule has 4 atom stereocenters. The summed E-state index contributed by atoms with van der Waals surface area (Å²) in [5.41, 5.74) is 7.35. The number of nitrogens with one attached hydrogen (secondary N) is 1. The van der Waals surface area contributed by atoms with Crippen molar-refractivity contribution in [1.29, 1.82) is 0 Å². The lowest BCUT2D eigenvalue weighted by molar-refractivity contribution is 0.191. The minimum atomic E-state index is 0.451. The van der Waals surface area contributed by atoms with Crippen LogP contribution >= 0.6 is 0 Å². The minimum Gasteiger partial charge on any atom is -0.369 e. The van der Waals surface area contributed by atoms with Gasteiger partial charge in [-0.25, -0.2) is 0 Å². The van der Waals surface area contributed by atoms with E-state index in [9.17, 15) is 0 Å². The number of rotatable bonds is 4. The summed E-state index contributed by atoms with van der Waals surface area (Å²) in [7, 11) is 4.61. The van der Waals surface area contributed by atoms with Gasteiger partial charge in [0.05, 0.1) is 11.7 Å². The van der Waals surface area contributed by atoms with Crippen LogP contribution in [0, 0.1) is 5.92 Å². The summed E-state index contributed by atoms with van der Waals surface area (Å²) in [4.78, 5) is 12.6. The number of nitrogens with zero attached hydrogens (tertiary/aromatic N) is 4. The summed E-state index contributed by atoms with van der Waals surface area (Å²) >= 11 is 0. The lowest BCUT2D eigenvalue weighted by Gasteiger charge is -2.37. The second-order valence-electron chi connectivity index (χ2n) is 10.6. The quantitative estimate of drug-likeness (QED) is 0.804. The molecule has 0 radical (unpaired) electrons. The maximum absolute atomic E-state index is 4.78. The largest absolute Gasteiger partial charge is 0.369 e. The van der Waals surface area contributed by atoms with Crippen LogP contribution in [0.2, 0.25) is 0 Å². The monoisotopic (exact) mass is 431 g/mol. The third-order valence-corrected chi connectivity index (χ3v) is 8.65. The third kappa shape index (κ3) is 3.64. The molecule has 4 heterocycles. The van der Waals surface area contributed by atoms with Gasteiger partial charge in [0, 0.05) is 50.1 Å². The topological polar surface area (TPSA) is 34.6 Å². The molecule has 1 aromatic heterocycles. The molecule has 4 aliphatic rings. The molecule has 0 amide bonds. The van der Waals surface area contributed by atoms with Gasteiger partial charge in [0.1, 0.15) is 0 Å². The molecule has 170 valence electrons. The molecule has 5 heteroatoms. The first-order valence-electron chi connectivity index (χ1n) is 12.6. The average Bonchev–Trinajstić information content (AvgIpc) is 3.40. The number of likely N-dealkylation sites (N-methyl/N-ethyl adjacent to an activating group) is 2. The Balaban J connectivity index is 1.18. The zero-order valence-corrected chi connectivity index (χ0v) is 19.6. The van der Waals surface area contributed by atoms with Gasteiger partial charge in [-0.2, -0.15) is 0 Å². The van der Waals surface area contributed by atoms with Crippen molar-refractivity contribution in [2.45, 2.75) is 56.8 Å².